The van der Waals surface area contributed by atoms with Crippen LogP contribution >= 0.6 is 0 Å². The van der Waals surface area contributed by atoms with E-state index >= 15 is 0 Å². The molecule has 1 unspecified atom stereocenters. The molecule has 0 spiro atoms. The third kappa shape index (κ3) is 3.62. The van der Waals surface area contributed by atoms with Crippen molar-refractivity contribution in [1.29, 1.82) is 0 Å². The summed E-state index contributed by atoms with van der Waals surface area (Å²) < 4.78 is 46.5. The number of esters is 1. The Bertz CT molecular complexity index is 799. The normalized spacial score (nSPS) is 17.1. The highest BCUT2D eigenvalue weighted by Crippen LogP contribution is 2.31. The topological polar surface area (TPSA) is 86.8 Å². The number of nitrogens with zero attached hydrogens (tertiary/aromatic N) is 3. The number of aromatic nitrogens is 2. The molecule has 2 aromatic rings. The fraction of sp³-hybridized carbons (Fsp3) is 0.333. The Kier molecular flexibility index (Phi) is 4.43. The lowest BCUT2D eigenvalue weighted by atomic mass is 10.0. The van der Waals surface area contributed by atoms with Gasteiger partial charge in [-0.1, -0.05) is 34.6 Å². The van der Waals surface area contributed by atoms with Crippen molar-refractivity contribution >= 4 is 11.7 Å². The van der Waals surface area contributed by atoms with Gasteiger partial charge in [0.2, 0.25) is 5.82 Å². The maximum atomic E-state index is 12.5. The second-order valence-corrected chi connectivity index (χ2v) is 5.10. The van der Waals surface area contributed by atoms with Gasteiger partial charge in [0.1, 0.15) is 0 Å². The van der Waals surface area contributed by atoms with Gasteiger partial charge in [0, 0.05) is 12.0 Å². The second kappa shape index (κ2) is 6.54. The summed E-state index contributed by atoms with van der Waals surface area (Å²) in [5, 5.41) is 7.02. The fourth-order valence-electron chi connectivity index (χ4n) is 2.19. The molecule has 1 atom stereocenters. The van der Waals surface area contributed by atoms with Crippen molar-refractivity contribution in [3.63, 3.8) is 0 Å². The van der Waals surface area contributed by atoms with Crippen molar-refractivity contribution in [2.24, 2.45) is 5.16 Å². The summed E-state index contributed by atoms with van der Waals surface area (Å²) in [7, 11) is 0. The summed E-state index contributed by atoms with van der Waals surface area (Å²) in [5.74, 6) is -2.11. The van der Waals surface area contributed by atoms with E-state index in [1.807, 2.05) is 0 Å². The summed E-state index contributed by atoms with van der Waals surface area (Å²) in [4.78, 5) is 20.1. The van der Waals surface area contributed by atoms with Crippen LogP contribution in [-0.4, -0.2) is 28.4 Å². The smallest absolute Gasteiger partial charge is 0.461 e. The average molecular weight is 355 g/mol. The number of alkyl halides is 3. The van der Waals surface area contributed by atoms with Gasteiger partial charge in [-0.15, -0.1) is 0 Å². The number of rotatable bonds is 4. The van der Waals surface area contributed by atoms with Crippen molar-refractivity contribution in [2.75, 3.05) is 6.61 Å². The van der Waals surface area contributed by atoms with E-state index in [9.17, 15) is 18.0 Å². The van der Waals surface area contributed by atoms with Gasteiger partial charge in [-0.2, -0.15) is 18.2 Å². The zero-order chi connectivity index (χ0) is 18.0. The van der Waals surface area contributed by atoms with Gasteiger partial charge >= 0.3 is 18.0 Å². The van der Waals surface area contributed by atoms with E-state index in [1.165, 1.54) is 12.1 Å². The molecular formula is C15H12F3N3O4. The first kappa shape index (κ1) is 16.9. The minimum atomic E-state index is -4.69. The molecule has 3 rings (SSSR count). The molecule has 0 amide bonds. The number of halogens is 3. The Balaban J connectivity index is 1.69. The van der Waals surface area contributed by atoms with Gasteiger partial charge in [0.05, 0.1) is 6.61 Å². The highest BCUT2D eigenvalue weighted by atomic mass is 19.4. The standard InChI is InChI=1S/C15H12F3N3O4/c1-2-23-13(22)10-7-11(24-20-10)8-3-5-9(6-4-8)12-19-14(25-21-12)15(16,17)18/h3-6,11H,2,7H2,1H3. The lowest BCUT2D eigenvalue weighted by Gasteiger charge is -2.08. The number of ether oxygens (including phenoxy) is 1. The monoisotopic (exact) mass is 355 g/mol. The number of benzene rings is 1. The molecule has 25 heavy (non-hydrogen) atoms. The van der Waals surface area contributed by atoms with Crippen LogP contribution in [0.3, 0.4) is 0 Å². The number of hydrogen-bond donors (Lipinski definition) is 0. The molecule has 0 bridgehead atoms. The second-order valence-electron chi connectivity index (χ2n) is 5.10. The summed E-state index contributed by atoms with van der Waals surface area (Å²) in [6.45, 7) is 1.93. The molecule has 0 saturated carbocycles. The van der Waals surface area contributed by atoms with Gasteiger partial charge in [-0.25, -0.2) is 4.79 Å². The molecule has 10 heteroatoms. The van der Waals surface area contributed by atoms with Crippen LogP contribution in [0.2, 0.25) is 0 Å². The third-order valence-corrected chi connectivity index (χ3v) is 3.39. The van der Waals surface area contributed by atoms with Crippen LogP contribution in [0.5, 0.6) is 0 Å². The molecule has 1 aliphatic heterocycles. The lowest BCUT2D eigenvalue weighted by Crippen LogP contribution is -2.16. The molecule has 7 nitrogen and oxygen atoms in total. The number of carbonyl (C=O) groups is 1. The zero-order valence-corrected chi connectivity index (χ0v) is 12.9. The summed E-state index contributed by atoms with van der Waals surface area (Å²) >= 11 is 0. The van der Waals surface area contributed by atoms with Crippen LogP contribution in [0, 0.1) is 0 Å². The Labute approximate surface area is 139 Å². The van der Waals surface area contributed by atoms with Gasteiger partial charge < -0.3 is 14.1 Å². The molecule has 0 N–H and O–H groups in total. The van der Waals surface area contributed by atoms with E-state index in [-0.39, 0.29) is 24.6 Å². The van der Waals surface area contributed by atoms with E-state index in [0.717, 1.165) is 0 Å². The molecule has 132 valence electrons. The maximum Gasteiger partial charge on any atom is 0.471 e. The molecule has 0 aliphatic carbocycles. The minimum absolute atomic E-state index is 0.172. The molecule has 0 radical (unpaired) electrons. The average Bonchev–Trinajstić information content (AvgIpc) is 3.25. The van der Waals surface area contributed by atoms with Crippen LogP contribution in [-0.2, 0) is 20.5 Å². The van der Waals surface area contributed by atoms with E-state index in [1.54, 1.807) is 19.1 Å². The van der Waals surface area contributed by atoms with Crippen molar-refractivity contribution in [1.82, 2.24) is 10.1 Å². The lowest BCUT2D eigenvalue weighted by molar-refractivity contribution is -0.159. The zero-order valence-electron chi connectivity index (χ0n) is 12.9. The van der Waals surface area contributed by atoms with Gasteiger partial charge in [0.25, 0.3) is 0 Å². The molecule has 1 aromatic heterocycles. The largest absolute Gasteiger partial charge is 0.471 e. The quantitative estimate of drug-likeness (QED) is 0.783. The number of hydrogen-bond acceptors (Lipinski definition) is 7. The van der Waals surface area contributed by atoms with Crippen molar-refractivity contribution < 1.29 is 32.1 Å². The maximum absolute atomic E-state index is 12.5. The van der Waals surface area contributed by atoms with Crippen LogP contribution in [0.1, 0.15) is 30.9 Å². The summed E-state index contributed by atoms with van der Waals surface area (Å²) in [6, 6.07) is 6.33. The van der Waals surface area contributed by atoms with Crippen LogP contribution in [0.15, 0.2) is 33.9 Å². The first-order valence-corrected chi connectivity index (χ1v) is 7.29. The Morgan fingerprint density at radius 2 is 2.04 bits per heavy atom. The van der Waals surface area contributed by atoms with Crippen LogP contribution in [0.4, 0.5) is 13.2 Å². The summed E-state index contributed by atoms with van der Waals surface area (Å²) in [6.07, 6.45) is -4.91. The number of carbonyl (C=O) groups excluding carboxylic acids is 1. The van der Waals surface area contributed by atoms with Crippen LogP contribution < -0.4 is 0 Å². The first-order chi connectivity index (χ1) is 11.9. The predicted molar refractivity (Wildman–Crippen MR) is 77.2 cm³/mol. The molecule has 0 saturated heterocycles. The predicted octanol–water partition coefficient (Wildman–Crippen LogP) is 3.14. The van der Waals surface area contributed by atoms with Crippen molar-refractivity contribution in [2.45, 2.75) is 25.6 Å². The number of oxime groups is 1. The molecule has 1 aromatic carbocycles. The van der Waals surface area contributed by atoms with E-state index in [0.29, 0.717) is 11.1 Å². The van der Waals surface area contributed by atoms with E-state index in [2.05, 4.69) is 19.8 Å². The Morgan fingerprint density at radius 1 is 1.32 bits per heavy atom. The summed E-state index contributed by atoms with van der Waals surface area (Å²) in [5.41, 5.74) is 1.24. The molecule has 2 heterocycles. The van der Waals surface area contributed by atoms with Crippen molar-refractivity contribution in [3.05, 3.63) is 35.7 Å². The Hall–Kier alpha value is -2.91. The van der Waals surface area contributed by atoms with E-state index in [4.69, 9.17) is 9.57 Å². The molecule has 1 aliphatic rings. The van der Waals surface area contributed by atoms with Gasteiger partial charge in [-0.3, -0.25) is 0 Å². The van der Waals surface area contributed by atoms with Crippen LogP contribution in [0.25, 0.3) is 11.4 Å². The SMILES string of the molecule is CCOC(=O)C1=NOC(c2ccc(-c3noc(C(F)(F)F)n3)cc2)C1. The van der Waals surface area contributed by atoms with Gasteiger partial charge in [0.15, 0.2) is 11.8 Å². The highest BCUT2D eigenvalue weighted by molar-refractivity contribution is 6.36. The first-order valence-electron chi connectivity index (χ1n) is 7.29. The van der Waals surface area contributed by atoms with Gasteiger partial charge in [-0.05, 0) is 12.5 Å². The third-order valence-electron chi connectivity index (χ3n) is 3.39. The molecule has 0 fully saturated rings. The minimum Gasteiger partial charge on any atom is -0.461 e. The van der Waals surface area contributed by atoms with Crippen molar-refractivity contribution in [3.8, 4) is 11.4 Å². The van der Waals surface area contributed by atoms with E-state index < -0.39 is 24.1 Å². The molecular weight excluding hydrogens is 343 g/mol. The highest BCUT2D eigenvalue weighted by Gasteiger charge is 2.38. The fourth-order valence-corrected chi connectivity index (χ4v) is 2.19. The Morgan fingerprint density at radius 3 is 2.64 bits per heavy atom.